The van der Waals surface area contributed by atoms with Gasteiger partial charge in [0.2, 0.25) is 0 Å². The first-order chi connectivity index (χ1) is 8.70. The Morgan fingerprint density at radius 2 is 2.17 bits per heavy atom. The van der Waals surface area contributed by atoms with Gasteiger partial charge in [-0.3, -0.25) is 4.79 Å². The van der Waals surface area contributed by atoms with E-state index in [0.29, 0.717) is 13.0 Å². The summed E-state index contributed by atoms with van der Waals surface area (Å²) in [6.45, 7) is 2.46. The number of carbonyl (C=O) groups is 1. The molecule has 5 heteroatoms. The van der Waals surface area contributed by atoms with Crippen LogP contribution in [0.2, 0.25) is 0 Å². The quantitative estimate of drug-likeness (QED) is 0.631. The second kappa shape index (κ2) is 4.86. The highest BCUT2D eigenvalue weighted by molar-refractivity contribution is 5.92. The van der Waals surface area contributed by atoms with Crippen LogP contribution in [0.5, 0.6) is 0 Å². The van der Waals surface area contributed by atoms with E-state index in [1.165, 1.54) is 0 Å². The summed E-state index contributed by atoms with van der Waals surface area (Å²) in [7, 11) is 0. The van der Waals surface area contributed by atoms with E-state index in [4.69, 9.17) is 5.73 Å². The van der Waals surface area contributed by atoms with Crippen molar-refractivity contribution in [2.24, 2.45) is 16.9 Å². The second-order valence-electron chi connectivity index (χ2n) is 4.58. The summed E-state index contributed by atoms with van der Waals surface area (Å²) >= 11 is 0. The van der Waals surface area contributed by atoms with Gasteiger partial charge in [-0.15, -0.1) is 4.91 Å². The number of hydrogen-bond acceptors (Lipinski definition) is 4. The van der Waals surface area contributed by atoms with Crippen molar-refractivity contribution < 1.29 is 4.79 Å². The topological polar surface area (TPSA) is 75.8 Å². The van der Waals surface area contributed by atoms with E-state index >= 15 is 0 Å². The summed E-state index contributed by atoms with van der Waals surface area (Å²) in [5.74, 6) is -0.134. The van der Waals surface area contributed by atoms with Crippen molar-refractivity contribution in [3.63, 3.8) is 0 Å². The molecule has 1 aliphatic rings. The van der Waals surface area contributed by atoms with Crippen LogP contribution in [-0.2, 0) is 10.2 Å². The minimum Gasteiger partial charge on any atom is -0.330 e. The van der Waals surface area contributed by atoms with E-state index in [9.17, 15) is 9.70 Å². The summed E-state index contributed by atoms with van der Waals surface area (Å²) in [5, 5.41) is 3.79. The van der Waals surface area contributed by atoms with E-state index in [1.807, 2.05) is 30.3 Å². The third kappa shape index (κ3) is 1.80. The van der Waals surface area contributed by atoms with Crippen LogP contribution in [-0.4, -0.2) is 24.0 Å². The fourth-order valence-corrected chi connectivity index (χ4v) is 2.56. The van der Waals surface area contributed by atoms with Gasteiger partial charge in [0, 0.05) is 6.54 Å². The van der Waals surface area contributed by atoms with Crippen LogP contribution >= 0.6 is 0 Å². The largest absolute Gasteiger partial charge is 0.330 e. The maximum Gasteiger partial charge on any atom is 0.256 e. The molecular formula is C13H17N3O2. The first-order valence-electron chi connectivity index (χ1n) is 6.11. The predicted molar refractivity (Wildman–Crippen MR) is 68.5 cm³/mol. The molecule has 0 aliphatic heterocycles. The van der Waals surface area contributed by atoms with Crippen molar-refractivity contribution >= 4 is 5.91 Å². The standard InChI is InChI=1S/C13H17N3O2/c1-2-16(15-18)12(17)13(8-11(13)9-14)10-6-4-3-5-7-10/h3-7,11H,2,8-9,14H2,1H3/t11-,13+/m0/s1. The highest BCUT2D eigenvalue weighted by Gasteiger charge is 2.61. The Labute approximate surface area is 106 Å². The molecule has 0 radical (unpaired) electrons. The van der Waals surface area contributed by atoms with Gasteiger partial charge in [-0.25, -0.2) is 0 Å². The molecule has 0 unspecified atom stereocenters. The molecule has 5 nitrogen and oxygen atoms in total. The van der Waals surface area contributed by atoms with E-state index in [1.54, 1.807) is 6.92 Å². The first-order valence-corrected chi connectivity index (χ1v) is 6.11. The lowest BCUT2D eigenvalue weighted by molar-refractivity contribution is -0.134. The molecule has 0 heterocycles. The van der Waals surface area contributed by atoms with Crippen molar-refractivity contribution in [3.05, 3.63) is 40.8 Å². The van der Waals surface area contributed by atoms with Crippen molar-refractivity contribution in [3.8, 4) is 0 Å². The lowest BCUT2D eigenvalue weighted by Gasteiger charge is -2.21. The lowest BCUT2D eigenvalue weighted by atomic mass is 9.92. The summed E-state index contributed by atoms with van der Waals surface area (Å²) in [5.41, 5.74) is 5.97. The van der Waals surface area contributed by atoms with E-state index in [0.717, 1.165) is 10.6 Å². The molecule has 1 fully saturated rings. The van der Waals surface area contributed by atoms with Crippen LogP contribution in [0.15, 0.2) is 35.6 Å². The number of benzene rings is 1. The molecule has 2 atom stereocenters. The third-order valence-corrected chi connectivity index (χ3v) is 3.69. The van der Waals surface area contributed by atoms with Gasteiger partial charge in [0.1, 0.15) is 0 Å². The third-order valence-electron chi connectivity index (χ3n) is 3.69. The summed E-state index contributed by atoms with van der Waals surface area (Å²) in [6, 6.07) is 9.50. The lowest BCUT2D eigenvalue weighted by Crippen LogP contribution is -2.37. The van der Waals surface area contributed by atoms with Gasteiger partial charge in [0.15, 0.2) is 0 Å². The normalized spacial score (nSPS) is 25.6. The van der Waals surface area contributed by atoms with Gasteiger partial charge < -0.3 is 5.73 Å². The zero-order valence-corrected chi connectivity index (χ0v) is 10.4. The summed E-state index contributed by atoms with van der Waals surface area (Å²) in [4.78, 5) is 23.1. The molecule has 1 aliphatic carbocycles. The maximum atomic E-state index is 12.4. The molecule has 1 amide bonds. The SMILES string of the molecule is CCN(N=O)C(=O)[C@@]1(c2ccccc2)C[C@H]1CN. The monoisotopic (exact) mass is 247 g/mol. The number of rotatable bonds is 5. The molecule has 0 spiro atoms. The molecule has 0 saturated heterocycles. The number of carbonyl (C=O) groups excluding carboxylic acids is 1. The highest BCUT2D eigenvalue weighted by atomic mass is 16.3. The molecular weight excluding hydrogens is 230 g/mol. The number of amides is 1. The smallest absolute Gasteiger partial charge is 0.256 e. The average Bonchev–Trinajstić information content (AvgIpc) is 3.17. The Bertz CT molecular complexity index is 449. The molecule has 1 aromatic rings. The number of hydrogen-bond donors (Lipinski definition) is 1. The summed E-state index contributed by atoms with van der Waals surface area (Å²) in [6.07, 6.45) is 0.693. The molecule has 1 aromatic carbocycles. The number of nitrogens with zero attached hydrogens (tertiary/aromatic N) is 2. The Balaban J connectivity index is 2.35. The highest BCUT2D eigenvalue weighted by Crippen LogP contribution is 2.54. The van der Waals surface area contributed by atoms with Crippen LogP contribution in [0.25, 0.3) is 0 Å². The Kier molecular flexibility index (Phi) is 3.43. The van der Waals surface area contributed by atoms with Crippen LogP contribution < -0.4 is 5.73 Å². The van der Waals surface area contributed by atoms with E-state index in [2.05, 4.69) is 5.29 Å². The van der Waals surface area contributed by atoms with Crippen LogP contribution in [0.1, 0.15) is 18.9 Å². The molecule has 2 rings (SSSR count). The average molecular weight is 247 g/mol. The summed E-state index contributed by atoms with van der Waals surface area (Å²) < 4.78 is 0. The van der Waals surface area contributed by atoms with Gasteiger partial charge in [0.25, 0.3) is 5.91 Å². The van der Waals surface area contributed by atoms with Crippen LogP contribution in [0.3, 0.4) is 0 Å². The number of nitrogens with two attached hydrogens (primary N) is 1. The van der Waals surface area contributed by atoms with Crippen molar-refractivity contribution in [2.75, 3.05) is 13.1 Å². The number of likely N-dealkylation sites (N-methyl/N-ethyl adjacent to an activating group) is 1. The fraction of sp³-hybridized carbons (Fsp3) is 0.462. The van der Waals surface area contributed by atoms with Gasteiger partial charge in [0.05, 0.1) is 10.7 Å². The maximum absolute atomic E-state index is 12.4. The van der Waals surface area contributed by atoms with E-state index < -0.39 is 5.41 Å². The minimum absolute atomic E-state index is 0.100. The van der Waals surface area contributed by atoms with Crippen molar-refractivity contribution in [1.29, 1.82) is 0 Å². The minimum atomic E-state index is -0.639. The van der Waals surface area contributed by atoms with Gasteiger partial charge in [-0.2, -0.15) is 5.01 Å². The van der Waals surface area contributed by atoms with E-state index in [-0.39, 0.29) is 18.4 Å². The van der Waals surface area contributed by atoms with Crippen LogP contribution in [0, 0.1) is 10.8 Å². The fourth-order valence-electron chi connectivity index (χ4n) is 2.56. The van der Waals surface area contributed by atoms with Gasteiger partial charge in [-0.05, 0) is 31.4 Å². The Morgan fingerprint density at radius 3 is 2.61 bits per heavy atom. The van der Waals surface area contributed by atoms with Crippen molar-refractivity contribution in [1.82, 2.24) is 5.01 Å². The molecule has 18 heavy (non-hydrogen) atoms. The zero-order valence-electron chi connectivity index (χ0n) is 10.4. The van der Waals surface area contributed by atoms with Gasteiger partial charge >= 0.3 is 0 Å². The Morgan fingerprint density at radius 1 is 1.50 bits per heavy atom. The second-order valence-corrected chi connectivity index (χ2v) is 4.58. The predicted octanol–water partition coefficient (Wildman–Crippen LogP) is 1.43. The van der Waals surface area contributed by atoms with Crippen LogP contribution in [0.4, 0.5) is 0 Å². The first kappa shape index (κ1) is 12.7. The molecule has 0 aromatic heterocycles. The molecule has 1 saturated carbocycles. The van der Waals surface area contributed by atoms with Crippen molar-refractivity contribution in [2.45, 2.75) is 18.8 Å². The van der Waals surface area contributed by atoms with Gasteiger partial charge in [-0.1, -0.05) is 30.3 Å². The molecule has 2 N–H and O–H groups in total. The zero-order chi connectivity index (χ0) is 13.2. The molecule has 96 valence electrons. The number of nitroso groups, excluding NO2 is 1. The molecule has 0 bridgehead atoms. The Hall–Kier alpha value is -1.75.